The largest absolute Gasteiger partial charge is 0.397 e. The lowest BCUT2D eigenvalue weighted by Crippen LogP contribution is -2.14. The third kappa shape index (κ3) is 2.82. The molecule has 1 atom stereocenters. The number of para-hydroxylation sites is 2. The molecule has 0 saturated heterocycles. The summed E-state index contributed by atoms with van der Waals surface area (Å²) in [7, 11) is 0. The van der Waals surface area contributed by atoms with E-state index in [-0.39, 0.29) is 0 Å². The summed E-state index contributed by atoms with van der Waals surface area (Å²) < 4.78 is 0. The van der Waals surface area contributed by atoms with E-state index in [1.807, 2.05) is 30.3 Å². The molecule has 0 fully saturated rings. The van der Waals surface area contributed by atoms with Crippen LogP contribution in [-0.4, -0.2) is 6.04 Å². The molecule has 0 amide bonds. The Morgan fingerprint density at radius 1 is 1.54 bits per heavy atom. The third-order valence-electron chi connectivity index (χ3n) is 1.88. The van der Waals surface area contributed by atoms with Crippen LogP contribution in [0.4, 0.5) is 11.4 Å². The Hall–Kier alpha value is -1.44. The topological polar surface area (TPSA) is 38.0 Å². The minimum atomic E-state index is 0.377. The molecule has 0 bridgehead atoms. The molecule has 1 aromatic rings. The maximum absolute atomic E-state index is 5.78. The molecule has 70 valence electrons. The van der Waals surface area contributed by atoms with Crippen molar-refractivity contribution in [2.24, 2.45) is 0 Å². The SMILES string of the molecule is C=CCC(C)Nc1ccccc1N. The number of nitrogens with two attached hydrogens (primary N) is 1. The number of hydrogen-bond acceptors (Lipinski definition) is 2. The fourth-order valence-electron chi connectivity index (χ4n) is 1.20. The Bertz CT molecular complexity index is 281. The summed E-state index contributed by atoms with van der Waals surface area (Å²) in [6.45, 7) is 5.80. The van der Waals surface area contributed by atoms with E-state index in [2.05, 4.69) is 18.8 Å². The van der Waals surface area contributed by atoms with Gasteiger partial charge in [0.25, 0.3) is 0 Å². The highest BCUT2D eigenvalue weighted by Gasteiger charge is 2.01. The van der Waals surface area contributed by atoms with Crippen LogP contribution < -0.4 is 11.1 Å². The minimum Gasteiger partial charge on any atom is -0.397 e. The van der Waals surface area contributed by atoms with Gasteiger partial charge in [0.15, 0.2) is 0 Å². The lowest BCUT2D eigenvalue weighted by molar-refractivity contribution is 0.815. The summed E-state index contributed by atoms with van der Waals surface area (Å²) in [5.41, 5.74) is 7.56. The van der Waals surface area contributed by atoms with Crippen molar-refractivity contribution in [3.8, 4) is 0 Å². The lowest BCUT2D eigenvalue weighted by atomic mass is 10.2. The molecule has 1 unspecified atom stereocenters. The Kier molecular flexibility index (Phi) is 3.38. The smallest absolute Gasteiger partial charge is 0.0576 e. The molecule has 0 saturated carbocycles. The van der Waals surface area contributed by atoms with E-state index >= 15 is 0 Å². The highest BCUT2D eigenvalue weighted by atomic mass is 14.9. The van der Waals surface area contributed by atoms with Gasteiger partial charge in [0.05, 0.1) is 11.4 Å². The van der Waals surface area contributed by atoms with E-state index in [4.69, 9.17) is 5.73 Å². The number of benzene rings is 1. The number of anilines is 2. The molecule has 0 heterocycles. The Morgan fingerprint density at radius 2 is 2.23 bits per heavy atom. The normalized spacial score (nSPS) is 12.1. The second kappa shape index (κ2) is 4.55. The zero-order valence-electron chi connectivity index (χ0n) is 7.96. The Labute approximate surface area is 79.5 Å². The second-order valence-corrected chi connectivity index (χ2v) is 3.16. The van der Waals surface area contributed by atoms with Crippen molar-refractivity contribution in [1.82, 2.24) is 0 Å². The van der Waals surface area contributed by atoms with Gasteiger partial charge in [-0.2, -0.15) is 0 Å². The van der Waals surface area contributed by atoms with Gasteiger partial charge in [-0.1, -0.05) is 18.2 Å². The first-order valence-corrected chi connectivity index (χ1v) is 4.46. The van der Waals surface area contributed by atoms with Crippen LogP contribution in [0.15, 0.2) is 36.9 Å². The van der Waals surface area contributed by atoms with Crippen LogP contribution in [0.1, 0.15) is 13.3 Å². The zero-order chi connectivity index (χ0) is 9.68. The molecule has 2 heteroatoms. The van der Waals surface area contributed by atoms with E-state index in [0.717, 1.165) is 17.8 Å². The standard InChI is InChI=1S/C11H16N2/c1-3-6-9(2)13-11-8-5-4-7-10(11)12/h3-5,7-9,13H,1,6,12H2,2H3. The second-order valence-electron chi connectivity index (χ2n) is 3.16. The summed E-state index contributed by atoms with van der Waals surface area (Å²) in [5, 5.41) is 3.31. The van der Waals surface area contributed by atoms with Crippen molar-refractivity contribution in [3.63, 3.8) is 0 Å². The van der Waals surface area contributed by atoms with Crippen molar-refractivity contribution in [2.45, 2.75) is 19.4 Å². The number of hydrogen-bond donors (Lipinski definition) is 2. The summed E-state index contributed by atoms with van der Waals surface area (Å²) >= 11 is 0. The van der Waals surface area contributed by atoms with Crippen molar-refractivity contribution >= 4 is 11.4 Å². The molecule has 0 aliphatic rings. The fourth-order valence-corrected chi connectivity index (χ4v) is 1.20. The first-order valence-electron chi connectivity index (χ1n) is 4.46. The summed E-state index contributed by atoms with van der Waals surface area (Å²) in [6, 6.07) is 8.15. The van der Waals surface area contributed by atoms with Gasteiger partial charge in [-0.3, -0.25) is 0 Å². The quantitative estimate of drug-likeness (QED) is 0.546. The molecule has 0 radical (unpaired) electrons. The van der Waals surface area contributed by atoms with Crippen molar-refractivity contribution < 1.29 is 0 Å². The molecule has 1 aromatic carbocycles. The van der Waals surface area contributed by atoms with Gasteiger partial charge >= 0.3 is 0 Å². The lowest BCUT2D eigenvalue weighted by Gasteiger charge is -2.14. The van der Waals surface area contributed by atoms with E-state index in [9.17, 15) is 0 Å². The van der Waals surface area contributed by atoms with E-state index in [1.54, 1.807) is 0 Å². The van der Waals surface area contributed by atoms with Gasteiger partial charge < -0.3 is 11.1 Å². The molecular formula is C11H16N2. The van der Waals surface area contributed by atoms with E-state index in [0.29, 0.717) is 6.04 Å². The molecule has 1 rings (SSSR count). The number of nitrogen functional groups attached to an aromatic ring is 1. The van der Waals surface area contributed by atoms with Crippen LogP contribution in [0.5, 0.6) is 0 Å². The van der Waals surface area contributed by atoms with Gasteiger partial charge in [-0.15, -0.1) is 6.58 Å². The average Bonchev–Trinajstić information content (AvgIpc) is 2.09. The van der Waals surface area contributed by atoms with Crippen molar-refractivity contribution in [1.29, 1.82) is 0 Å². The summed E-state index contributed by atoms with van der Waals surface area (Å²) in [5.74, 6) is 0. The monoisotopic (exact) mass is 176 g/mol. The van der Waals surface area contributed by atoms with Gasteiger partial charge in [0, 0.05) is 6.04 Å². The van der Waals surface area contributed by atoms with Crippen molar-refractivity contribution in [3.05, 3.63) is 36.9 Å². The van der Waals surface area contributed by atoms with E-state index in [1.165, 1.54) is 0 Å². The van der Waals surface area contributed by atoms with Gasteiger partial charge in [-0.25, -0.2) is 0 Å². The zero-order valence-corrected chi connectivity index (χ0v) is 7.96. The van der Waals surface area contributed by atoms with Crippen LogP contribution >= 0.6 is 0 Å². The Balaban J connectivity index is 2.63. The highest BCUT2D eigenvalue weighted by Crippen LogP contribution is 2.18. The van der Waals surface area contributed by atoms with Gasteiger partial charge in [-0.05, 0) is 25.5 Å². The molecule has 13 heavy (non-hydrogen) atoms. The number of rotatable bonds is 4. The maximum Gasteiger partial charge on any atom is 0.0576 e. The maximum atomic E-state index is 5.78. The van der Waals surface area contributed by atoms with Crippen LogP contribution in [0.2, 0.25) is 0 Å². The predicted molar refractivity (Wildman–Crippen MR) is 58.8 cm³/mol. The van der Waals surface area contributed by atoms with Gasteiger partial charge in [0.2, 0.25) is 0 Å². The van der Waals surface area contributed by atoms with Crippen LogP contribution in [0, 0.1) is 0 Å². The fraction of sp³-hybridized carbons (Fsp3) is 0.273. The molecule has 0 aliphatic heterocycles. The van der Waals surface area contributed by atoms with Crippen LogP contribution in [-0.2, 0) is 0 Å². The highest BCUT2D eigenvalue weighted by molar-refractivity contribution is 5.65. The predicted octanol–water partition coefficient (Wildman–Crippen LogP) is 2.65. The minimum absolute atomic E-state index is 0.377. The third-order valence-corrected chi connectivity index (χ3v) is 1.88. The van der Waals surface area contributed by atoms with E-state index < -0.39 is 0 Å². The molecule has 2 nitrogen and oxygen atoms in total. The molecule has 3 N–H and O–H groups in total. The van der Waals surface area contributed by atoms with Crippen LogP contribution in [0.3, 0.4) is 0 Å². The molecule has 0 spiro atoms. The first-order chi connectivity index (χ1) is 6.24. The summed E-state index contributed by atoms with van der Waals surface area (Å²) in [4.78, 5) is 0. The van der Waals surface area contributed by atoms with Crippen LogP contribution in [0.25, 0.3) is 0 Å². The average molecular weight is 176 g/mol. The van der Waals surface area contributed by atoms with Crippen molar-refractivity contribution in [2.75, 3.05) is 11.1 Å². The van der Waals surface area contributed by atoms with Gasteiger partial charge in [0.1, 0.15) is 0 Å². The number of nitrogens with one attached hydrogen (secondary N) is 1. The molecular weight excluding hydrogens is 160 g/mol. The molecule has 0 aromatic heterocycles. The Morgan fingerprint density at radius 3 is 2.85 bits per heavy atom. The molecule has 0 aliphatic carbocycles. The summed E-state index contributed by atoms with van der Waals surface area (Å²) in [6.07, 6.45) is 2.84. The first kappa shape index (κ1) is 9.65.